The van der Waals surface area contributed by atoms with Gasteiger partial charge >= 0.3 is 0 Å². The summed E-state index contributed by atoms with van der Waals surface area (Å²) in [5.74, 6) is 0.353. The predicted octanol–water partition coefficient (Wildman–Crippen LogP) is 2.18. The van der Waals surface area contributed by atoms with Gasteiger partial charge in [-0.05, 0) is 30.5 Å². The topological polar surface area (TPSA) is 55.2 Å². The molecule has 0 spiro atoms. The van der Waals surface area contributed by atoms with Gasteiger partial charge in [0.1, 0.15) is 11.8 Å². The van der Waals surface area contributed by atoms with Crippen LogP contribution in [0.3, 0.4) is 0 Å². The zero-order chi connectivity index (χ0) is 13.1. The quantitative estimate of drug-likeness (QED) is 0.899. The van der Waals surface area contributed by atoms with Gasteiger partial charge in [0.05, 0.1) is 7.11 Å². The molecule has 1 aromatic carbocycles. The fraction of sp³-hybridized carbons (Fsp3) is 0.286. The summed E-state index contributed by atoms with van der Waals surface area (Å²) in [5, 5.41) is 10.4. The average Bonchev–Trinajstić information content (AvgIpc) is 2.41. The summed E-state index contributed by atoms with van der Waals surface area (Å²) < 4.78 is 5.12. The first-order valence-electron chi connectivity index (χ1n) is 5.74. The molecule has 2 aromatic rings. The van der Waals surface area contributed by atoms with Crippen LogP contribution in [0.25, 0.3) is 0 Å². The lowest BCUT2D eigenvalue weighted by atomic mass is 9.97. The molecule has 2 rings (SSSR count). The van der Waals surface area contributed by atoms with Crippen LogP contribution in [-0.4, -0.2) is 22.2 Å². The predicted molar refractivity (Wildman–Crippen MR) is 68.6 cm³/mol. The number of hydrogen-bond donors (Lipinski definition) is 1. The van der Waals surface area contributed by atoms with Crippen LogP contribution >= 0.6 is 0 Å². The Kier molecular flexibility index (Phi) is 3.58. The van der Waals surface area contributed by atoms with Crippen molar-refractivity contribution in [3.8, 4) is 5.88 Å². The number of rotatable bonds is 3. The molecule has 0 saturated carbocycles. The van der Waals surface area contributed by atoms with Crippen molar-refractivity contribution in [3.63, 3.8) is 0 Å². The van der Waals surface area contributed by atoms with Gasteiger partial charge in [0, 0.05) is 12.4 Å². The van der Waals surface area contributed by atoms with Crippen LogP contribution in [0.1, 0.15) is 28.5 Å². The number of aryl methyl sites for hydroxylation is 1. The molecule has 0 saturated heterocycles. The summed E-state index contributed by atoms with van der Waals surface area (Å²) >= 11 is 0. The maximum atomic E-state index is 10.4. The second-order valence-electron chi connectivity index (χ2n) is 4.14. The highest BCUT2D eigenvalue weighted by Crippen LogP contribution is 2.29. The van der Waals surface area contributed by atoms with E-state index in [1.165, 1.54) is 13.3 Å². The Morgan fingerprint density at radius 1 is 1.17 bits per heavy atom. The second-order valence-corrected chi connectivity index (χ2v) is 4.14. The van der Waals surface area contributed by atoms with E-state index < -0.39 is 6.10 Å². The zero-order valence-corrected chi connectivity index (χ0v) is 10.7. The molecule has 4 nitrogen and oxygen atoms in total. The molecule has 0 radical (unpaired) electrons. The molecule has 0 bridgehead atoms. The number of benzene rings is 1. The van der Waals surface area contributed by atoms with Crippen molar-refractivity contribution in [1.82, 2.24) is 9.97 Å². The van der Waals surface area contributed by atoms with E-state index in [-0.39, 0.29) is 0 Å². The smallest absolute Gasteiger partial charge is 0.238 e. The average molecular weight is 244 g/mol. The Labute approximate surface area is 106 Å². The molecule has 0 amide bonds. The Morgan fingerprint density at radius 2 is 1.89 bits per heavy atom. The summed E-state index contributed by atoms with van der Waals surface area (Å²) in [7, 11) is 1.52. The lowest BCUT2D eigenvalue weighted by Crippen LogP contribution is -2.08. The van der Waals surface area contributed by atoms with E-state index in [9.17, 15) is 5.11 Å². The van der Waals surface area contributed by atoms with Crippen molar-refractivity contribution in [1.29, 1.82) is 0 Å². The number of ether oxygens (including phenoxy) is 1. The van der Waals surface area contributed by atoms with Gasteiger partial charge in [-0.3, -0.25) is 4.98 Å². The van der Waals surface area contributed by atoms with Gasteiger partial charge < -0.3 is 9.84 Å². The van der Waals surface area contributed by atoms with Crippen molar-refractivity contribution in [2.75, 3.05) is 7.11 Å². The van der Waals surface area contributed by atoms with Gasteiger partial charge in [-0.1, -0.05) is 18.2 Å². The largest absolute Gasteiger partial charge is 0.480 e. The monoisotopic (exact) mass is 244 g/mol. The maximum absolute atomic E-state index is 10.4. The van der Waals surface area contributed by atoms with Crippen molar-refractivity contribution in [2.24, 2.45) is 0 Å². The number of hydrogen-bond acceptors (Lipinski definition) is 4. The highest BCUT2D eigenvalue weighted by Gasteiger charge is 2.19. The van der Waals surface area contributed by atoms with E-state index in [0.717, 1.165) is 16.7 Å². The molecule has 4 heteroatoms. The van der Waals surface area contributed by atoms with Gasteiger partial charge in [-0.25, -0.2) is 4.98 Å². The molecule has 1 unspecified atom stereocenters. The maximum Gasteiger partial charge on any atom is 0.238 e. The van der Waals surface area contributed by atoms with Crippen LogP contribution in [-0.2, 0) is 0 Å². The number of nitrogens with zero attached hydrogens (tertiary/aromatic N) is 2. The van der Waals surface area contributed by atoms with E-state index in [1.807, 2.05) is 32.0 Å². The molecule has 1 N–H and O–H groups in total. The van der Waals surface area contributed by atoms with Crippen LogP contribution in [0, 0.1) is 13.8 Å². The minimum atomic E-state index is -0.825. The minimum absolute atomic E-state index is 0.353. The lowest BCUT2D eigenvalue weighted by molar-refractivity contribution is 0.207. The third kappa shape index (κ3) is 2.19. The molecule has 1 aromatic heterocycles. The highest BCUT2D eigenvalue weighted by atomic mass is 16.5. The molecule has 0 aliphatic carbocycles. The second kappa shape index (κ2) is 5.14. The third-order valence-electron chi connectivity index (χ3n) is 3.08. The van der Waals surface area contributed by atoms with E-state index in [2.05, 4.69) is 9.97 Å². The summed E-state index contributed by atoms with van der Waals surface area (Å²) in [4.78, 5) is 8.21. The van der Waals surface area contributed by atoms with Crippen LogP contribution < -0.4 is 4.74 Å². The number of aliphatic hydroxyl groups excluding tert-OH is 1. The number of methoxy groups -OCH3 is 1. The molecule has 1 heterocycles. The molecule has 1 atom stereocenters. The Bertz CT molecular complexity index is 555. The van der Waals surface area contributed by atoms with Gasteiger partial charge in [-0.15, -0.1) is 0 Å². The van der Waals surface area contributed by atoms with E-state index in [4.69, 9.17) is 4.74 Å². The summed E-state index contributed by atoms with van der Waals surface area (Å²) in [6.45, 7) is 4.00. The van der Waals surface area contributed by atoms with Crippen molar-refractivity contribution < 1.29 is 9.84 Å². The molecule has 0 fully saturated rings. The minimum Gasteiger partial charge on any atom is -0.480 e. The molecule has 94 valence electrons. The lowest BCUT2D eigenvalue weighted by Gasteiger charge is -2.16. The van der Waals surface area contributed by atoms with Crippen molar-refractivity contribution in [2.45, 2.75) is 20.0 Å². The molecule has 0 aliphatic rings. The Morgan fingerprint density at radius 3 is 2.61 bits per heavy atom. The van der Waals surface area contributed by atoms with Crippen LogP contribution in [0.5, 0.6) is 5.88 Å². The fourth-order valence-electron chi connectivity index (χ4n) is 1.90. The first-order chi connectivity index (χ1) is 8.65. The van der Waals surface area contributed by atoms with Crippen LogP contribution in [0.4, 0.5) is 0 Å². The highest BCUT2D eigenvalue weighted by molar-refractivity contribution is 5.39. The zero-order valence-electron chi connectivity index (χ0n) is 10.7. The normalized spacial score (nSPS) is 12.2. The van der Waals surface area contributed by atoms with E-state index >= 15 is 0 Å². The molecule has 0 aliphatic heterocycles. The van der Waals surface area contributed by atoms with Gasteiger partial charge in [-0.2, -0.15) is 0 Å². The number of aromatic nitrogens is 2. The first-order valence-corrected chi connectivity index (χ1v) is 5.74. The first kappa shape index (κ1) is 12.5. The number of aliphatic hydroxyl groups is 1. The summed E-state index contributed by atoms with van der Waals surface area (Å²) in [6, 6.07) is 5.82. The SMILES string of the molecule is COc1nccnc1C(O)c1cccc(C)c1C. The van der Waals surface area contributed by atoms with Gasteiger partial charge in [0.2, 0.25) is 5.88 Å². The fourth-order valence-corrected chi connectivity index (χ4v) is 1.90. The van der Waals surface area contributed by atoms with Crippen LogP contribution in [0.2, 0.25) is 0 Å². The van der Waals surface area contributed by atoms with Crippen molar-refractivity contribution in [3.05, 3.63) is 53.0 Å². The summed E-state index contributed by atoms with van der Waals surface area (Å²) in [5.41, 5.74) is 3.45. The molecular formula is C14H16N2O2. The molecular weight excluding hydrogens is 228 g/mol. The molecule has 18 heavy (non-hydrogen) atoms. The third-order valence-corrected chi connectivity index (χ3v) is 3.08. The van der Waals surface area contributed by atoms with Gasteiger partial charge in [0.25, 0.3) is 0 Å². The standard InChI is InChI=1S/C14H16N2O2/c1-9-5-4-6-11(10(9)2)13(17)12-14(18-3)16-8-7-15-12/h4-8,13,17H,1-3H3. The Hall–Kier alpha value is -1.94. The van der Waals surface area contributed by atoms with E-state index in [0.29, 0.717) is 11.6 Å². The van der Waals surface area contributed by atoms with Gasteiger partial charge in [0.15, 0.2) is 0 Å². The van der Waals surface area contributed by atoms with Crippen molar-refractivity contribution >= 4 is 0 Å². The Balaban J connectivity index is 2.48. The van der Waals surface area contributed by atoms with Crippen LogP contribution in [0.15, 0.2) is 30.6 Å². The summed E-state index contributed by atoms with van der Waals surface area (Å²) in [6.07, 6.45) is 2.26. The van der Waals surface area contributed by atoms with E-state index in [1.54, 1.807) is 6.20 Å².